The lowest BCUT2D eigenvalue weighted by molar-refractivity contribution is -0.121. The van der Waals surface area contributed by atoms with Crippen LogP contribution >= 0.6 is 0 Å². The van der Waals surface area contributed by atoms with Crippen LogP contribution in [0.3, 0.4) is 0 Å². The van der Waals surface area contributed by atoms with Crippen LogP contribution in [0.15, 0.2) is 63.9 Å². The quantitative estimate of drug-likeness (QED) is 0.767. The molecule has 1 aliphatic rings. The molecule has 7 heteroatoms. The molecule has 27 heavy (non-hydrogen) atoms. The van der Waals surface area contributed by atoms with Crippen LogP contribution in [-0.2, 0) is 21.2 Å². The van der Waals surface area contributed by atoms with Gasteiger partial charge in [0.2, 0.25) is 5.91 Å². The monoisotopic (exact) mass is 385 g/mol. The third-order valence-electron chi connectivity index (χ3n) is 4.33. The highest BCUT2D eigenvalue weighted by Crippen LogP contribution is 2.28. The number of benzene rings is 2. The molecule has 0 saturated heterocycles. The molecule has 2 aromatic carbocycles. The zero-order valence-corrected chi connectivity index (χ0v) is 16.0. The molecule has 1 atom stereocenters. The Hall–Kier alpha value is -2.67. The molecular formula is C20H23N3O3S. The van der Waals surface area contributed by atoms with E-state index >= 15 is 0 Å². The van der Waals surface area contributed by atoms with E-state index in [9.17, 15) is 13.2 Å². The maximum absolute atomic E-state index is 12.3. The standard InChI is InChI=1S/C20H23N3O3S/c1-15(14-20(24)21-12-11-16-7-3-2-4-8-16)13-19-22-17-9-5-6-10-18(17)27(25,26)23-19/h2-10,15H,11-14H2,1H3,(H,21,24)(H,22,23). The minimum Gasteiger partial charge on any atom is -0.356 e. The van der Waals surface area contributed by atoms with Gasteiger partial charge in [-0.3, -0.25) is 4.79 Å². The Morgan fingerprint density at radius 1 is 1.11 bits per heavy atom. The van der Waals surface area contributed by atoms with E-state index in [1.807, 2.05) is 37.3 Å². The molecule has 1 unspecified atom stereocenters. The van der Waals surface area contributed by atoms with Gasteiger partial charge in [0.05, 0.1) is 5.69 Å². The summed E-state index contributed by atoms with van der Waals surface area (Å²) in [6, 6.07) is 16.6. The maximum Gasteiger partial charge on any atom is 0.286 e. The molecule has 0 bridgehead atoms. The van der Waals surface area contributed by atoms with Gasteiger partial charge in [0.1, 0.15) is 10.7 Å². The highest BCUT2D eigenvalue weighted by Gasteiger charge is 2.25. The summed E-state index contributed by atoms with van der Waals surface area (Å²) in [4.78, 5) is 12.3. The number of nitrogens with one attached hydrogen (secondary N) is 2. The number of fused-ring (bicyclic) bond motifs is 1. The molecule has 0 aliphatic carbocycles. The fourth-order valence-corrected chi connectivity index (χ4v) is 4.19. The van der Waals surface area contributed by atoms with Crippen molar-refractivity contribution in [2.24, 2.45) is 10.3 Å². The van der Waals surface area contributed by atoms with E-state index in [1.54, 1.807) is 18.2 Å². The Bertz CT molecular complexity index is 940. The van der Waals surface area contributed by atoms with Crippen molar-refractivity contribution in [2.45, 2.75) is 31.1 Å². The predicted molar refractivity (Wildman–Crippen MR) is 106 cm³/mol. The number of rotatable bonds is 7. The van der Waals surface area contributed by atoms with Crippen LogP contribution in [0.5, 0.6) is 0 Å². The van der Waals surface area contributed by atoms with Gasteiger partial charge in [-0.2, -0.15) is 8.42 Å². The highest BCUT2D eigenvalue weighted by atomic mass is 32.2. The van der Waals surface area contributed by atoms with E-state index in [1.165, 1.54) is 11.6 Å². The van der Waals surface area contributed by atoms with Crippen LogP contribution in [0.2, 0.25) is 0 Å². The normalized spacial score (nSPS) is 15.8. The number of carbonyl (C=O) groups excluding carboxylic acids is 1. The van der Waals surface area contributed by atoms with Gasteiger partial charge in [-0.25, -0.2) is 0 Å². The first-order valence-corrected chi connectivity index (χ1v) is 10.4. The molecule has 0 fully saturated rings. The molecule has 3 rings (SSSR count). The average molecular weight is 385 g/mol. The van der Waals surface area contributed by atoms with Gasteiger partial charge in [0.25, 0.3) is 10.0 Å². The number of amidine groups is 1. The van der Waals surface area contributed by atoms with Crippen molar-refractivity contribution in [3.05, 3.63) is 60.2 Å². The predicted octanol–water partition coefficient (Wildman–Crippen LogP) is 2.97. The number of nitrogens with zero attached hydrogens (tertiary/aromatic N) is 1. The van der Waals surface area contributed by atoms with Gasteiger partial charge in [-0.1, -0.05) is 49.4 Å². The summed E-state index contributed by atoms with van der Waals surface area (Å²) in [7, 11) is -3.69. The van der Waals surface area contributed by atoms with E-state index in [0.29, 0.717) is 30.9 Å². The van der Waals surface area contributed by atoms with Crippen molar-refractivity contribution < 1.29 is 13.2 Å². The summed E-state index contributed by atoms with van der Waals surface area (Å²) in [6.45, 7) is 2.49. The number of hydrogen-bond donors (Lipinski definition) is 2. The summed E-state index contributed by atoms with van der Waals surface area (Å²) in [6.07, 6.45) is 1.49. The third kappa shape index (κ3) is 5.17. The molecule has 0 radical (unpaired) electrons. The average Bonchev–Trinajstić information content (AvgIpc) is 2.62. The van der Waals surface area contributed by atoms with E-state index in [2.05, 4.69) is 15.0 Å². The van der Waals surface area contributed by atoms with Crippen molar-refractivity contribution >= 4 is 27.5 Å². The van der Waals surface area contributed by atoms with Crippen molar-refractivity contribution in [1.82, 2.24) is 5.32 Å². The van der Waals surface area contributed by atoms with Crippen LogP contribution < -0.4 is 10.6 Å². The smallest absolute Gasteiger partial charge is 0.286 e. The largest absolute Gasteiger partial charge is 0.356 e. The van der Waals surface area contributed by atoms with Gasteiger partial charge in [-0.15, -0.1) is 4.40 Å². The molecule has 6 nitrogen and oxygen atoms in total. The van der Waals surface area contributed by atoms with Crippen molar-refractivity contribution in [3.8, 4) is 0 Å². The summed E-state index contributed by atoms with van der Waals surface area (Å²) in [5.74, 6) is 0.296. The minimum absolute atomic E-state index is 0.0339. The first-order chi connectivity index (χ1) is 12.9. The van der Waals surface area contributed by atoms with Crippen molar-refractivity contribution in [2.75, 3.05) is 11.9 Å². The Morgan fingerprint density at radius 2 is 1.81 bits per heavy atom. The van der Waals surface area contributed by atoms with E-state index in [0.717, 1.165) is 6.42 Å². The molecule has 1 amide bonds. The summed E-state index contributed by atoms with van der Waals surface area (Å²) in [5, 5.41) is 5.97. The van der Waals surface area contributed by atoms with E-state index in [4.69, 9.17) is 0 Å². The lowest BCUT2D eigenvalue weighted by Gasteiger charge is -2.20. The molecule has 2 N–H and O–H groups in total. The fraction of sp³-hybridized carbons (Fsp3) is 0.300. The number of hydrogen-bond acceptors (Lipinski definition) is 4. The summed E-state index contributed by atoms with van der Waals surface area (Å²) >= 11 is 0. The number of anilines is 1. The molecule has 1 aliphatic heterocycles. The Labute approximate surface area is 159 Å². The second-order valence-electron chi connectivity index (χ2n) is 6.73. The third-order valence-corrected chi connectivity index (χ3v) is 5.70. The molecule has 2 aromatic rings. The lowest BCUT2D eigenvalue weighted by Crippen LogP contribution is -2.29. The number of amides is 1. The van der Waals surface area contributed by atoms with E-state index < -0.39 is 10.0 Å². The Morgan fingerprint density at radius 3 is 2.59 bits per heavy atom. The molecular weight excluding hydrogens is 362 g/mol. The van der Waals surface area contributed by atoms with Gasteiger partial charge in [0, 0.05) is 19.4 Å². The van der Waals surface area contributed by atoms with E-state index in [-0.39, 0.29) is 16.7 Å². The fourth-order valence-electron chi connectivity index (χ4n) is 3.04. The number of carbonyl (C=O) groups is 1. The second-order valence-corrected chi connectivity index (χ2v) is 8.31. The molecule has 0 saturated carbocycles. The van der Waals surface area contributed by atoms with Gasteiger partial charge < -0.3 is 10.6 Å². The first-order valence-electron chi connectivity index (χ1n) is 8.94. The van der Waals surface area contributed by atoms with Crippen molar-refractivity contribution in [1.29, 1.82) is 0 Å². The van der Waals surface area contributed by atoms with Crippen LogP contribution in [0, 0.1) is 5.92 Å². The lowest BCUT2D eigenvalue weighted by atomic mass is 10.0. The summed E-state index contributed by atoms with van der Waals surface area (Å²) in [5.41, 5.74) is 1.71. The molecule has 0 aromatic heterocycles. The van der Waals surface area contributed by atoms with Crippen LogP contribution in [-0.4, -0.2) is 26.7 Å². The zero-order chi connectivity index (χ0) is 19.3. The van der Waals surface area contributed by atoms with Gasteiger partial charge in [0.15, 0.2) is 0 Å². The molecule has 0 spiro atoms. The Kier molecular flexibility index (Phi) is 5.91. The van der Waals surface area contributed by atoms with Crippen LogP contribution in [0.4, 0.5) is 5.69 Å². The van der Waals surface area contributed by atoms with Gasteiger partial charge in [-0.05, 0) is 30.0 Å². The zero-order valence-electron chi connectivity index (χ0n) is 15.2. The van der Waals surface area contributed by atoms with Crippen LogP contribution in [0.25, 0.3) is 0 Å². The summed E-state index contributed by atoms with van der Waals surface area (Å²) < 4.78 is 28.4. The van der Waals surface area contributed by atoms with Gasteiger partial charge >= 0.3 is 0 Å². The number of sulfonamides is 1. The molecule has 1 heterocycles. The highest BCUT2D eigenvalue weighted by molar-refractivity contribution is 7.90. The Balaban J connectivity index is 1.50. The first kappa shape index (κ1) is 19.1. The minimum atomic E-state index is -3.69. The second kappa shape index (κ2) is 8.35. The van der Waals surface area contributed by atoms with Crippen LogP contribution in [0.1, 0.15) is 25.3 Å². The topological polar surface area (TPSA) is 87.6 Å². The number of para-hydroxylation sites is 1. The SMILES string of the molecule is CC(CC(=O)NCCc1ccccc1)CC1=NS(=O)(=O)c2ccccc2N1. The van der Waals surface area contributed by atoms with Crippen molar-refractivity contribution in [3.63, 3.8) is 0 Å². The molecule has 142 valence electrons. The maximum atomic E-state index is 12.3.